The largest absolute Gasteiger partial charge is 0.508 e. The minimum absolute atomic E-state index is 0.00687. The molecule has 5 unspecified atom stereocenters. The summed E-state index contributed by atoms with van der Waals surface area (Å²) in [7, 11) is 0. The number of aromatic hydroxyl groups is 1. The third-order valence-electron chi connectivity index (χ3n) is 6.46. The van der Waals surface area contributed by atoms with Crippen molar-refractivity contribution < 1.29 is 34.2 Å². The molecule has 0 bridgehead atoms. The Morgan fingerprint density at radius 3 is 1.90 bits per heavy atom. The number of primary amides is 1. The van der Waals surface area contributed by atoms with E-state index in [1.165, 1.54) is 24.3 Å². The molecule has 0 aromatic heterocycles. The number of carbonyl (C=O) groups is 5. The number of nitrogens with one attached hydrogen (secondary N) is 3. The zero-order valence-corrected chi connectivity index (χ0v) is 22.5. The number of aliphatic carboxylic acids is 1. The second-order valence-electron chi connectivity index (χ2n) is 9.67. The maximum Gasteiger partial charge on any atom is 0.326 e. The van der Waals surface area contributed by atoms with Gasteiger partial charge >= 0.3 is 5.97 Å². The molecule has 2 aromatic rings. The number of carbonyl (C=O) groups excluding carboxylic acids is 4. The Kier molecular flexibility index (Phi) is 12.1. The van der Waals surface area contributed by atoms with Crippen LogP contribution in [0.5, 0.6) is 5.75 Å². The molecular formula is C28H37N5O7. The lowest BCUT2D eigenvalue weighted by Gasteiger charge is -2.26. The first-order chi connectivity index (χ1) is 18.9. The Morgan fingerprint density at radius 1 is 0.800 bits per heavy atom. The van der Waals surface area contributed by atoms with Crippen LogP contribution >= 0.6 is 0 Å². The highest BCUT2D eigenvalue weighted by Gasteiger charge is 2.32. The van der Waals surface area contributed by atoms with Gasteiger partial charge in [0.15, 0.2) is 0 Å². The number of amides is 4. The van der Waals surface area contributed by atoms with Gasteiger partial charge in [-0.05, 0) is 35.6 Å². The van der Waals surface area contributed by atoms with Gasteiger partial charge < -0.3 is 37.6 Å². The summed E-state index contributed by atoms with van der Waals surface area (Å²) in [5.41, 5.74) is 12.7. The van der Waals surface area contributed by atoms with Crippen LogP contribution in [0.2, 0.25) is 0 Å². The van der Waals surface area contributed by atoms with Crippen LogP contribution in [-0.4, -0.2) is 64.0 Å². The quantitative estimate of drug-likeness (QED) is 0.158. The molecule has 0 saturated carbocycles. The molecule has 0 radical (unpaired) electrons. The standard InChI is InChI=1S/C28H37N5O7/c1-3-16(2)24(28(39)40)33-27(38)21(14-18-9-11-19(34)12-10-18)32-26(37)22(15-23(30)35)31-25(36)20(29)13-17-7-5-4-6-8-17/h4-12,16,20-22,24,34H,3,13-15,29H2,1-2H3,(H2,30,35)(H,31,36)(H,32,37)(H,33,38)(H,39,40). The Morgan fingerprint density at radius 2 is 1.35 bits per heavy atom. The summed E-state index contributed by atoms with van der Waals surface area (Å²) in [5.74, 6) is -4.88. The summed E-state index contributed by atoms with van der Waals surface area (Å²) in [6, 6.07) is 9.88. The summed E-state index contributed by atoms with van der Waals surface area (Å²) in [5, 5.41) is 26.6. The van der Waals surface area contributed by atoms with Crippen LogP contribution in [0.4, 0.5) is 0 Å². The van der Waals surface area contributed by atoms with Gasteiger partial charge in [0.1, 0.15) is 23.9 Å². The average molecular weight is 556 g/mol. The molecular weight excluding hydrogens is 518 g/mol. The fraction of sp³-hybridized carbons (Fsp3) is 0.393. The van der Waals surface area contributed by atoms with Crippen molar-refractivity contribution in [3.63, 3.8) is 0 Å². The third kappa shape index (κ3) is 10.0. The molecule has 0 fully saturated rings. The van der Waals surface area contributed by atoms with E-state index in [2.05, 4.69) is 16.0 Å². The number of rotatable bonds is 15. The number of nitrogens with two attached hydrogens (primary N) is 2. The summed E-state index contributed by atoms with van der Waals surface area (Å²) >= 11 is 0. The highest BCUT2D eigenvalue weighted by molar-refractivity contribution is 5.96. The highest BCUT2D eigenvalue weighted by Crippen LogP contribution is 2.13. The van der Waals surface area contributed by atoms with Crippen molar-refractivity contribution in [1.29, 1.82) is 0 Å². The molecule has 40 heavy (non-hydrogen) atoms. The van der Waals surface area contributed by atoms with E-state index < -0.39 is 66.1 Å². The molecule has 216 valence electrons. The molecule has 9 N–H and O–H groups in total. The van der Waals surface area contributed by atoms with Crippen molar-refractivity contribution in [1.82, 2.24) is 16.0 Å². The Hall–Kier alpha value is -4.45. The predicted octanol–water partition coefficient (Wildman–Crippen LogP) is -0.0348. The van der Waals surface area contributed by atoms with E-state index in [1.54, 1.807) is 38.1 Å². The Balaban J connectivity index is 2.24. The van der Waals surface area contributed by atoms with Crippen LogP contribution in [0.3, 0.4) is 0 Å². The van der Waals surface area contributed by atoms with Crippen molar-refractivity contribution in [2.75, 3.05) is 0 Å². The number of phenolic OH excluding ortho intramolecular Hbond substituents is 1. The van der Waals surface area contributed by atoms with Gasteiger partial charge in [-0.25, -0.2) is 4.79 Å². The minimum atomic E-state index is -1.44. The van der Waals surface area contributed by atoms with E-state index in [0.717, 1.165) is 5.56 Å². The molecule has 0 aliphatic rings. The van der Waals surface area contributed by atoms with E-state index >= 15 is 0 Å². The van der Waals surface area contributed by atoms with Gasteiger partial charge in [0, 0.05) is 6.42 Å². The summed E-state index contributed by atoms with van der Waals surface area (Å²) in [6.07, 6.45) is 0.0150. The number of hydrogen-bond acceptors (Lipinski definition) is 7. The summed E-state index contributed by atoms with van der Waals surface area (Å²) in [4.78, 5) is 62.8. The lowest BCUT2D eigenvalue weighted by Crippen LogP contribution is -2.58. The van der Waals surface area contributed by atoms with Crippen LogP contribution in [0.15, 0.2) is 54.6 Å². The first-order valence-electron chi connectivity index (χ1n) is 12.9. The second-order valence-corrected chi connectivity index (χ2v) is 9.67. The van der Waals surface area contributed by atoms with Crippen LogP contribution in [0.1, 0.15) is 37.8 Å². The number of carboxylic acids is 1. The van der Waals surface area contributed by atoms with E-state index in [-0.39, 0.29) is 18.6 Å². The SMILES string of the molecule is CCC(C)C(NC(=O)C(Cc1ccc(O)cc1)NC(=O)C(CC(N)=O)NC(=O)C(N)Cc1ccccc1)C(=O)O. The average Bonchev–Trinajstić information content (AvgIpc) is 2.91. The van der Waals surface area contributed by atoms with Crippen LogP contribution in [0, 0.1) is 5.92 Å². The van der Waals surface area contributed by atoms with Gasteiger partial charge in [-0.15, -0.1) is 0 Å². The monoisotopic (exact) mass is 555 g/mol. The molecule has 12 heteroatoms. The van der Waals surface area contributed by atoms with Gasteiger partial charge in [-0.3, -0.25) is 19.2 Å². The van der Waals surface area contributed by atoms with E-state index in [0.29, 0.717) is 12.0 Å². The van der Waals surface area contributed by atoms with Gasteiger partial charge in [0.05, 0.1) is 12.5 Å². The van der Waals surface area contributed by atoms with Gasteiger partial charge in [-0.1, -0.05) is 62.7 Å². The van der Waals surface area contributed by atoms with Crippen molar-refractivity contribution in [3.05, 3.63) is 65.7 Å². The van der Waals surface area contributed by atoms with Gasteiger partial charge in [-0.2, -0.15) is 0 Å². The third-order valence-corrected chi connectivity index (χ3v) is 6.46. The molecule has 4 amide bonds. The number of carboxylic acid groups (broad SMARTS) is 1. The van der Waals surface area contributed by atoms with Crippen molar-refractivity contribution in [2.24, 2.45) is 17.4 Å². The van der Waals surface area contributed by atoms with E-state index in [1.807, 2.05) is 6.07 Å². The van der Waals surface area contributed by atoms with Gasteiger partial charge in [0.2, 0.25) is 23.6 Å². The first-order valence-corrected chi connectivity index (χ1v) is 12.9. The fourth-order valence-corrected chi connectivity index (χ4v) is 3.94. The number of benzene rings is 2. The van der Waals surface area contributed by atoms with Crippen LogP contribution < -0.4 is 27.4 Å². The smallest absolute Gasteiger partial charge is 0.326 e. The molecule has 5 atom stereocenters. The minimum Gasteiger partial charge on any atom is -0.508 e. The number of hydrogen-bond donors (Lipinski definition) is 7. The second kappa shape index (κ2) is 15.2. The van der Waals surface area contributed by atoms with Crippen molar-refractivity contribution in [2.45, 2.75) is 63.7 Å². The molecule has 0 saturated heterocycles. The maximum atomic E-state index is 13.3. The molecule has 0 aliphatic heterocycles. The molecule has 2 rings (SSSR count). The highest BCUT2D eigenvalue weighted by atomic mass is 16.4. The lowest BCUT2D eigenvalue weighted by molar-refractivity contribution is -0.144. The predicted molar refractivity (Wildman–Crippen MR) is 147 cm³/mol. The molecule has 2 aromatic carbocycles. The fourth-order valence-electron chi connectivity index (χ4n) is 3.94. The van der Waals surface area contributed by atoms with E-state index in [9.17, 15) is 34.2 Å². The lowest BCUT2D eigenvalue weighted by atomic mass is 9.98. The first kappa shape index (κ1) is 31.8. The normalized spacial score (nSPS) is 14.6. The summed E-state index contributed by atoms with van der Waals surface area (Å²) < 4.78 is 0. The molecule has 12 nitrogen and oxygen atoms in total. The van der Waals surface area contributed by atoms with E-state index in [4.69, 9.17) is 11.5 Å². The Labute approximate surface area is 232 Å². The van der Waals surface area contributed by atoms with Crippen molar-refractivity contribution in [3.8, 4) is 5.75 Å². The van der Waals surface area contributed by atoms with Crippen LogP contribution in [0.25, 0.3) is 0 Å². The topological polar surface area (TPSA) is 214 Å². The molecule has 0 aliphatic carbocycles. The summed E-state index contributed by atoms with van der Waals surface area (Å²) in [6.45, 7) is 3.45. The molecule has 0 spiro atoms. The zero-order valence-electron chi connectivity index (χ0n) is 22.5. The molecule has 0 heterocycles. The Bertz CT molecular complexity index is 1170. The van der Waals surface area contributed by atoms with Crippen LogP contribution in [-0.2, 0) is 36.8 Å². The zero-order chi connectivity index (χ0) is 29.8. The van der Waals surface area contributed by atoms with Gasteiger partial charge in [0.25, 0.3) is 0 Å². The maximum absolute atomic E-state index is 13.3. The number of phenols is 1. The van der Waals surface area contributed by atoms with Crippen molar-refractivity contribution >= 4 is 29.6 Å².